The van der Waals surface area contributed by atoms with Gasteiger partial charge in [0, 0.05) is 12.2 Å². The summed E-state index contributed by atoms with van der Waals surface area (Å²) in [5, 5.41) is 0. The number of rotatable bonds is 4. The van der Waals surface area contributed by atoms with Crippen LogP contribution in [0.4, 0.5) is 5.69 Å². The summed E-state index contributed by atoms with van der Waals surface area (Å²) in [5.41, 5.74) is 4.32. The number of anilines is 1. The molecule has 2 aromatic rings. The highest BCUT2D eigenvalue weighted by Gasteiger charge is 2.26. The van der Waals surface area contributed by atoms with Crippen LogP contribution in [0.5, 0.6) is 5.75 Å². The predicted octanol–water partition coefficient (Wildman–Crippen LogP) is 3.45. The number of amides is 1. The molecule has 5 nitrogen and oxygen atoms in total. The molecule has 0 spiro atoms. The van der Waals surface area contributed by atoms with Gasteiger partial charge < -0.3 is 14.4 Å². The Kier molecular flexibility index (Phi) is 5.26. The van der Waals surface area contributed by atoms with Crippen molar-refractivity contribution in [2.75, 3.05) is 25.2 Å². The molecule has 0 N–H and O–H groups in total. The van der Waals surface area contributed by atoms with Gasteiger partial charge in [0.1, 0.15) is 5.75 Å². The monoisotopic (exact) mass is 353 g/mol. The van der Waals surface area contributed by atoms with Crippen molar-refractivity contribution in [3.8, 4) is 5.75 Å². The summed E-state index contributed by atoms with van der Waals surface area (Å²) in [6, 6.07) is 11.3. The first-order valence-electron chi connectivity index (χ1n) is 8.72. The van der Waals surface area contributed by atoms with Crippen molar-refractivity contribution in [2.24, 2.45) is 0 Å². The number of esters is 1. The number of carbonyl (C=O) groups excluding carboxylic acids is 2. The van der Waals surface area contributed by atoms with Crippen molar-refractivity contribution in [1.82, 2.24) is 0 Å². The topological polar surface area (TPSA) is 55.8 Å². The number of benzene rings is 2. The maximum Gasteiger partial charge on any atom is 0.338 e. The molecule has 136 valence electrons. The SMILES string of the molecule is COC(=O)c1cccc2c1CCCN2C(=O)COc1ccc(C)cc1C. The quantitative estimate of drug-likeness (QED) is 0.790. The summed E-state index contributed by atoms with van der Waals surface area (Å²) in [4.78, 5) is 26.4. The van der Waals surface area contributed by atoms with E-state index >= 15 is 0 Å². The molecule has 0 saturated carbocycles. The lowest BCUT2D eigenvalue weighted by molar-refractivity contribution is -0.120. The number of fused-ring (bicyclic) bond motifs is 1. The molecule has 1 heterocycles. The van der Waals surface area contributed by atoms with Gasteiger partial charge in [0.05, 0.1) is 12.7 Å². The van der Waals surface area contributed by atoms with Crippen LogP contribution < -0.4 is 9.64 Å². The van der Waals surface area contributed by atoms with E-state index in [1.165, 1.54) is 7.11 Å². The Morgan fingerprint density at radius 2 is 1.96 bits per heavy atom. The number of nitrogens with zero attached hydrogens (tertiary/aromatic N) is 1. The molecule has 0 radical (unpaired) electrons. The number of aryl methyl sites for hydroxylation is 2. The maximum absolute atomic E-state index is 12.7. The van der Waals surface area contributed by atoms with Gasteiger partial charge in [0.25, 0.3) is 5.91 Å². The number of ether oxygens (including phenoxy) is 2. The normalized spacial score (nSPS) is 13.1. The van der Waals surface area contributed by atoms with E-state index in [0.29, 0.717) is 17.9 Å². The fourth-order valence-corrected chi connectivity index (χ4v) is 3.36. The van der Waals surface area contributed by atoms with Crippen LogP contribution >= 0.6 is 0 Å². The van der Waals surface area contributed by atoms with Crippen molar-refractivity contribution >= 4 is 17.6 Å². The van der Waals surface area contributed by atoms with E-state index in [9.17, 15) is 9.59 Å². The summed E-state index contributed by atoms with van der Waals surface area (Å²) in [7, 11) is 1.37. The molecular weight excluding hydrogens is 330 g/mol. The molecule has 0 atom stereocenters. The standard InChI is InChI=1S/C21H23NO4/c1-14-9-10-19(15(2)12-14)26-13-20(23)22-11-5-7-16-17(21(24)25-3)6-4-8-18(16)22/h4,6,8-10,12H,5,7,11,13H2,1-3H3. The fourth-order valence-electron chi connectivity index (χ4n) is 3.36. The minimum absolute atomic E-state index is 0.0359. The van der Waals surface area contributed by atoms with Gasteiger partial charge in [-0.25, -0.2) is 4.79 Å². The Hall–Kier alpha value is -2.82. The van der Waals surface area contributed by atoms with E-state index in [4.69, 9.17) is 9.47 Å². The third kappa shape index (κ3) is 3.57. The lowest BCUT2D eigenvalue weighted by Crippen LogP contribution is -2.39. The summed E-state index contributed by atoms with van der Waals surface area (Å²) >= 11 is 0. The van der Waals surface area contributed by atoms with Crippen LogP contribution in [-0.2, 0) is 16.0 Å². The Morgan fingerprint density at radius 3 is 2.69 bits per heavy atom. The number of hydrogen-bond donors (Lipinski definition) is 0. The molecule has 1 aliphatic rings. The molecule has 2 aromatic carbocycles. The highest BCUT2D eigenvalue weighted by atomic mass is 16.5. The number of methoxy groups -OCH3 is 1. The Morgan fingerprint density at radius 1 is 1.15 bits per heavy atom. The van der Waals surface area contributed by atoms with Crippen LogP contribution in [0, 0.1) is 13.8 Å². The van der Waals surface area contributed by atoms with E-state index in [0.717, 1.165) is 35.2 Å². The second-order valence-electron chi connectivity index (χ2n) is 6.50. The zero-order valence-electron chi connectivity index (χ0n) is 15.4. The van der Waals surface area contributed by atoms with Gasteiger partial charge in [-0.05, 0) is 56.0 Å². The van der Waals surface area contributed by atoms with Crippen molar-refractivity contribution in [1.29, 1.82) is 0 Å². The zero-order chi connectivity index (χ0) is 18.7. The van der Waals surface area contributed by atoms with Crippen molar-refractivity contribution in [3.63, 3.8) is 0 Å². The average molecular weight is 353 g/mol. The smallest absolute Gasteiger partial charge is 0.338 e. The Balaban J connectivity index is 1.78. The van der Waals surface area contributed by atoms with Gasteiger partial charge in [-0.15, -0.1) is 0 Å². The van der Waals surface area contributed by atoms with Crippen molar-refractivity contribution in [2.45, 2.75) is 26.7 Å². The zero-order valence-corrected chi connectivity index (χ0v) is 15.4. The molecule has 0 fully saturated rings. The summed E-state index contributed by atoms with van der Waals surface area (Å²) < 4.78 is 10.6. The minimum atomic E-state index is -0.373. The fraction of sp³-hybridized carbons (Fsp3) is 0.333. The van der Waals surface area contributed by atoms with E-state index in [-0.39, 0.29) is 18.5 Å². The maximum atomic E-state index is 12.7. The second-order valence-corrected chi connectivity index (χ2v) is 6.50. The van der Waals surface area contributed by atoms with Gasteiger partial charge >= 0.3 is 5.97 Å². The molecule has 0 saturated heterocycles. The van der Waals surface area contributed by atoms with Crippen LogP contribution in [0.2, 0.25) is 0 Å². The van der Waals surface area contributed by atoms with Gasteiger partial charge in [0.2, 0.25) is 0 Å². The molecular formula is C21H23NO4. The first-order valence-corrected chi connectivity index (χ1v) is 8.72. The van der Waals surface area contributed by atoms with Crippen LogP contribution in [-0.4, -0.2) is 32.1 Å². The van der Waals surface area contributed by atoms with E-state index in [2.05, 4.69) is 0 Å². The lowest BCUT2D eigenvalue weighted by atomic mass is 9.96. The largest absolute Gasteiger partial charge is 0.483 e. The molecule has 0 aliphatic carbocycles. The van der Waals surface area contributed by atoms with Gasteiger partial charge in [-0.1, -0.05) is 23.8 Å². The first kappa shape index (κ1) is 18.0. The van der Waals surface area contributed by atoms with Gasteiger partial charge in [-0.3, -0.25) is 4.79 Å². The van der Waals surface area contributed by atoms with E-state index in [1.54, 1.807) is 17.0 Å². The van der Waals surface area contributed by atoms with E-state index < -0.39 is 0 Å². The Bertz CT molecular complexity index is 844. The summed E-state index contributed by atoms with van der Waals surface area (Å²) in [5.74, 6) is 0.222. The Labute approximate surface area is 153 Å². The molecule has 1 aliphatic heterocycles. The second kappa shape index (κ2) is 7.60. The molecule has 1 amide bonds. The van der Waals surface area contributed by atoms with Crippen LogP contribution in [0.25, 0.3) is 0 Å². The average Bonchev–Trinajstić information content (AvgIpc) is 2.65. The van der Waals surface area contributed by atoms with Crippen molar-refractivity contribution in [3.05, 3.63) is 58.7 Å². The highest BCUT2D eigenvalue weighted by Crippen LogP contribution is 2.30. The molecule has 0 aromatic heterocycles. The van der Waals surface area contributed by atoms with Crippen molar-refractivity contribution < 1.29 is 19.1 Å². The number of carbonyl (C=O) groups is 2. The molecule has 0 bridgehead atoms. The minimum Gasteiger partial charge on any atom is -0.483 e. The molecule has 0 unspecified atom stereocenters. The third-order valence-electron chi connectivity index (χ3n) is 4.64. The summed E-state index contributed by atoms with van der Waals surface area (Å²) in [6.07, 6.45) is 1.55. The van der Waals surface area contributed by atoms with E-state index in [1.807, 2.05) is 38.1 Å². The lowest BCUT2D eigenvalue weighted by Gasteiger charge is -2.30. The van der Waals surface area contributed by atoms with Crippen LogP contribution in [0.3, 0.4) is 0 Å². The highest BCUT2D eigenvalue weighted by molar-refractivity contribution is 5.99. The summed E-state index contributed by atoms with van der Waals surface area (Å²) in [6.45, 7) is 4.57. The molecule has 5 heteroatoms. The molecule has 26 heavy (non-hydrogen) atoms. The first-order chi connectivity index (χ1) is 12.5. The number of hydrogen-bond acceptors (Lipinski definition) is 4. The van der Waals surface area contributed by atoms with Crippen LogP contribution in [0.15, 0.2) is 36.4 Å². The predicted molar refractivity (Wildman–Crippen MR) is 99.9 cm³/mol. The van der Waals surface area contributed by atoms with Gasteiger partial charge in [-0.2, -0.15) is 0 Å². The van der Waals surface area contributed by atoms with Gasteiger partial charge in [0.15, 0.2) is 6.61 Å². The molecule has 3 rings (SSSR count). The third-order valence-corrected chi connectivity index (χ3v) is 4.64. The van der Waals surface area contributed by atoms with Crippen LogP contribution in [0.1, 0.15) is 33.5 Å².